The molecule has 1 heterocycles. The third-order valence-corrected chi connectivity index (χ3v) is 8.96. The molecule has 4 rings (SSSR count). The summed E-state index contributed by atoms with van der Waals surface area (Å²) in [6, 6.07) is 17.5. The van der Waals surface area contributed by atoms with Gasteiger partial charge >= 0.3 is 0 Å². The van der Waals surface area contributed by atoms with Crippen molar-refractivity contribution < 1.29 is 13.2 Å². The monoisotopic (exact) mass is 545 g/mol. The number of hydrogen-bond donors (Lipinski definition) is 0. The minimum atomic E-state index is -4.01. The van der Waals surface area contributed by atoms with Gasteiger partial charge in [-0.3, -0.25) is 9.10 Å². The van der Waals surface area contributed by atoms with Crippen molar-refractivity contribution in [2.45, 2.75) is 25.7 Å². The summed E-state index contributed by atoms with van der Waals surface area (Å²) in [7, 11) is -4.01. The number of hydrogen-bond acceptors (Lipinski definition) is 4. The van der Waals surface area contributed by atoms with E-state index in [-0.39, 0.29) is 17.3 Å². The van der Waals surface area contributed by atoms with Crippen molar-refractivity contribution in [3.8, 4) is 0 Å². The van der Waals surface area contributed by atoms with E-state index in [1.165, 1.54) is 4.31 Å². The average Bonchev–Trinajstić information content (AvgIpc) is 2.86. The van der Waals surface area contributed by atoms with E-state index in [0.717, 1.165) is 16.8 Å². The molecule has 1 aliphatic rings. The van der Waals surface area contributed by atoms with E-state index in [2.05, 4.69) is 4.90 Å². The molecule has 0 aliphatic carbocycles. The molecular weight excluding hydrogens is 517 g/mol. The maximum absolute atomic E-state index is 13.7. The van der Waals surface area contributed by atoms with Crippen LogP contribution in [0.25, 0.3) is 0 Å². The zero-order valence-corrected chi connectivity index (χ0v) is 22.9. The van der Waals surface area contributed by atoms with Crippen LogP contribution in [-0.2, 0) is 14.8 Å². The van der Waals surface area contributed by atoms with Crippen LogP contribution in [0.3, 0.4) is 0 Å². The van der Waals surface area contributed by atoms with Gasteiger partial charge in [-0.2, -0.15) is 0 Å². The molecule has 0 N–H and O–H groups in total. The summed E-state index contributed by atoms with van der Waals surface area (Å²) in [5, 5.41) is 1.11. The number of amides is 1. The summed E-state index contributed by atoms with van der Waals surface area (Å²) >= 11 is 12.5. The highest BCUT2D eigenvalue weighted by atomic mass is 35.5. The third kappa shape index (κ3) is 5.48. The lowest BCUT2D eigenvalue weighted by Gasteiger charge is -2.38. The van der Waals surface area contributed by atoms with E-state index in [9.17, 15) is 13.2 Å². The Bertz CT molecular complexity index is 1370. The lowest BCUT2D eigenvalue weighted by molar-refractivity contribution is -0.129. The van der Waals surface area contributed by atoms with Crippen molar-refractivity contribution in [3.05, 3.63) is 87.4 Å². The van der Waals surface area contributed by atoms with Gasteiger partial charge in [0.05, 0.1) is 10.6 Å². The van der Waals surface area contributed by atoms with Crippen LogP contribution >= 0.6 is 23.2 Å². The highest BCUT2D eigenvalue weighted by Crippen LogP contribution is 2.31. The second kappa shape index (κ2) is 10.7. The molecule has 0 saturated carbocycles. The molecule has 36 heavy (non-hydrogen) atoms. The Hall–Kier alpha value is -2.74. The number of sulfonamides is 1. The van der Waals surface area contributed by atoms with Crippen LogP contribution in [-0.4, -0.2) is 51.9 Å². The van der Waals surface area contributed by atoms with Crippen LogP contribution < -0.4 is 9.21 Å². The number of piperazine rings is 1. The minimum Gasteiger partial charge on any atom is -0.368 e. The molecule has 0 unspecified atom stereocenters. The summed E-state index contributed by atoms with van der Waals surface area (Å²) in [5.74, 6) is -0.257. The fourth-order valence-electron chi connectivity index (χ4n) is 4.35. The van der Waals surface area contributed by atoms with Gasteiger partial charge in [0.1, 0.15) is 6.54 Å². The van der Waals surface area contributed by atoms with Gasteiger partial charge in [0.15, 0.2) is 0 Å². The molecule has 1 saturated heterocycles. The normalized spacial score (nSPS) is 14.1. The van der Waals surface area contributed by atoms with Gasteiger partial charge in [-0.1, -0.05) is 53.0 Å². The summed E-state index contributed by atoms with van der Waals surface area (Å²) in [5.41, 5.74) is 4.11. The zero-order chi connectivity index (χ0) is 26.0. The lowest BCUT2D eigenvalue weighted by atomic mass is 10.1. The van der Waals surface area contributed by atoms with Crippen molar-refractivity contribution in [3.63, 3.8) is 0 Å². The molecule has 9 heteroatoms. The Morgan fingerprint density at radius 2 is 1.58 bits per heavy atom. The van der Waals surface area contributed by atoms with Crippen molar-refractivity contribution >= 4 is 50.5 Å². The number of aryl methyl sites for hydroxylation is 2. The van der Waals surface area contributed by atoms with E-state index in [1.807, 2.05) is 32.0 Å². The van der Waals surface area contributed by atoms with Gasteiger partial charge in [0, 0.05) is 41.9 Å². The number of carbonyl (C=O) groups is 1. The van der Waals surface area contributed by atoms with Gasteiger partial charge in [0.2, 0.25) is 5.91 Å². The Labute approximate surface area is 223 Å². The van der Waals surface area contributed by atoms with E-state index in [1.54, 1.807) is 54.3 Å². The largest absolute Gasteiger partial charge is 0.368 e. The van der Waals surface area contributed by atoms with Gasteiger partial charge in [-0.25, -0.2) is 8.42 Å². The lowest BCUT2D eigenvalue weighted by Crippen LogP contribution is -2.52. The van der Waals surface area contributed by atoms with Crippen LogP contribution in [0.2, 0.25) is 10.0 Å². The molecule has 0 bridgehead atoms. The van der Waals surface area contributed by atoms with Crippen LogP contribution in [0.15, 0.2) is 65.6 Å². The first-order valence-corrected chi connectivity index (χ1v) is 13.9. The fraction of sp³-hybridized carbons (Fsp3) is 0.296. The van der Waals surface area contributed by atoms with Gasteiger partial charge in [0.25, 0.3) is 10.0 Å². The Morgan fingerprint density at radius 3 is 2.25 bits per heavy atom. The maximum atomic E-state index is 13.7. The topological polar surface area (TPSA) is 60.9 Å². The molecule has 0 atom stereocenters. The summed E-state index contributed by atoms with van der Waals surface area (Å²) in [4.78, 5) is 17.5. The molecule has 6 nitrogen and oxygen atoms in total. The second-order valence-corrected chi connectivity index (χ2v) is 11.7. The van der Waals surface area contributed by atoms with Crippen LogP contribution in [0, 0.1) is 20.8 Å². The Balaban J connectivity index is 1.58. The molecule has 1 amide bonds. The van der Waals surface area contributed by atoms with Gasteiger partial charge in [-0.05, 0) is 68.3 Å². The Kier molecular flexibility index (Phi) is 7.83. The molecule has 0 radical (unpaired) electrons. The smallest absolute Gasteiger partial charge is 0.264 e. The molecule has 0 spiro atoms. The number of benzene rings is 3. The molecule has 1 aliphatic heterocycles. The van der Waals surface area contributed by atoms with Crippen LogP contribution in [0.4, 0.5) is 11.4 Å². The van der Waals surface area contributed by atoms with Crippen molar-refractivity contribution in [1.29, 1.82) is 0 Å². The first kappa shape index (κ1) is 26.3. The Morgan fingerprint density at radius 1 is 0.917 bits per heavy atom. The summed E-state index contributed by atoms with van der Waals surface area (Å²) in [6.07, 6.45) is 0. The van der Waals surface area contributed by atoms with E-state index in [4.69, 9.17) is 23.2 Å². The molecule has 0 aromatic heterocycles. The second-order valence-electron chi connectivity index (χ2n) is 9.01. The van der Waals surface area contributed by atoms with E-state index in [0.29, 0.717) is 47.5 Å². The number of rotatable bonds is 6. The molecule has 3 aromatic rings. The van der Waals surface area contributed by atoms with E-state index < -0.39 is 10.0 Å². The van der Waals surface area contributed by atoms with Crippen molar-refractivity contribution in [1.82, 2.24) is 4.90 Å². The number of carbonyl (C=O) groups excluding carboxylic acids is 1. The minimum absolute atomic E-state index is 0.126. The maximum Gasteiger partial charge on any atom is 0.264 e. The first-order valence-electron chi connectivity index (χ1n) is 11.7. The van der Waals surface area contributed by atoms with Crippen molar-refractivity contribution in [2.24, 2.45) is 0 Å². The number of anilines is 2. The number of halogens is 2. The van der Waals surface area contributed by atoms with Crippen LogP contribution in [0.1, 0.15) is 16.7 Å². The van der Waals surface area contributed by atoms with Gasteiger partial charge in [-0.15, -0.1) is 0 Å². The summed E-state index contributed by atoms with van der Waals surface area (Å²) in [6.45, 7) is 7.60. The van der Waals surface area contributed by atoms with Crippen LogP contribution in [0.5, 0.6) is 0 Å². The fourth-order valence-corrected chi connectivity index (χ4v) is 6.15. The standard InChI is InChI=1S/C27H29Cl2N3O3S/c1-19-7-11-23(12-8-19)36(34,35)32(25-6-4-5-24(29)21(25)3)18-27(33)31-15-13-30(14-16-31)26-17-22(28)10-9-20(26)2/h4-12,17H,13-16,18H2,1-3H3. The van der Waals surface area contributed by atoms with E-state index >= 15 is 0 Å². The third-order valence-electron chi connectivity index (χ3n) is 6.54. The molecular formula is C27H29Cl2N3O3S. The highest BCUT2D eigenvalue weighted by molar-refractivity contribution is 7.92. The van der Waals surface area contributed by atoms with Crippen molar-refractivity contribution in [2.75, 3.05) is 41.9 Å². The predicted molar refractivity (Wildman–Crippen MR) is 147 cm³/mol. The quantitative estimate of drug-likeness (QED) is 0.412. The van der Waals surface area contributed by atoms with Gasteiger partial charge < -0.3 is 9.80 Å². The molecule has 1 fully saturated rings. The predicted octanol–water partition coefficient (Wildman–Crippen LogP) is 5.46. The average molecular weight is 547 g/mol. The highest BCUT2D eigenvalue weighted by Gasteiger charge is 2.31. The first-order chi connectivity index (χ1) is 17.1. The number of nitrogens with zero attached hydrogens (tertiary/aromatic N) is 3. The SMILES string of the molecule is Cc1ccc(S(=O)(=O)N(CC(=O)N2CCN(c3cc(Cl)ccc3C)CC2)c2cccc(Cl)c2C)cc1. The summed E-state index contributed by atoms with van der Waals surface area (Å²) < 4.78 is 28.6. The zero-order valence-electron chi connectivity index (χ0n) is 20.5. The molecule has 3 aromatic carbocycles. The molecule has 190 valence electrons.